The Kier molecular flexibility index (Phi) is 6.12. The number of anilines is 1. The second kappa shape index (κ2) is 8.38. The van der Waals surface area contributed by atoms with E-state index >= 15 is 0 Å². The Morgan fingerprint density at radius 3 is 2.46 bits per heavy atom. The molecular weight excluding hydrogens is 399 g/mol. The number of benzene rings is 2. The number of carbonyl (C=O) groups is 1. The minimum Gasteiger partial charge on any atom is -0.324 e. The van der Waals surface area contributed by atoms with Crippen molar-refractivity contribution in [1.29, 1.82) is 0 Å². The topological polar surface area (TPSA) is 32.3 Å². The highest BCUT2D eigenvalue weighted by Gasteiger charge is 2.30. The zero-order chi connectivity index (χ0) is 20.3. The number of halogens is 5. The molecule has 2 amide bonds. The Morgan fingerprint density at radius 2 is 1.79 bits per heavy atom. The van der Waals surface area contributed by atoms with E-state index in [4.69, 9.17) is 0 Å². The molecule has 1 saturated heterocycles. The highest BCUT2D eigenvalue weighted by Crippen LogP contribution is 2.36. The van der Waals surface area contributed by atoms with E-state index in [9.17, 15) is 26.7 Å². The summed E-state index contributed by atoms with van der Waals surface area (Å²) in [4.78, 5) is 13.9. The summed E-state index contributed by atoms with van der Waals surface area (Å²) in [7, 11) is 0. The van der Waals surface area contributed by atoms with E-state index in [-0.39, 0.29) is 16.5 Å². The molecule has 1 aliphatic rings. The molecule has 3 nitrogen and oxygen atoms in total. The Morgan fingerprint density at radius 1 is 1.07 bits per heavy atom. The van der Waals surface area contributed by atoms with Gasteiger partial charge in [0.2, 0.25) is 0 Å². The molecule has 1 aliphatic heterocycles. The first kappa shape index (κ1) is 20.4. The average molecular weight is 416 g/mol. The van der Waals surface area contributed by atoms with Gasteiger partial charge in [0.15, 0.2) is 0 Å². The van der Waals surface area contributed by atoms with E-state index < -0.39 is 29.4 Å². The Hall–Kier alpha value is -2.29. The monoisotopic (exact) mass is 416 g/mol. The van der Waals surface area contributed by atoms with Crippen molar-refractivity contribution >= 4 is 23.5 Å². The summed E-state index contributed by atoms with van der Waals surface area (Å²) < 4.78 is 65.2. The van der Waals surface area contributed by atoms with Crippen LogP contribution in [-0.4, -0.2) is 29.8 Å². The van der Waals surface area contributed by atoms with Crippen LogP contribution in [0.25, 0.3) is 0 Å². The van der Waals surface area contributed by atoms with Crippen molar-refractivity contribution in [2.75, 3.05) is 24.2 Å². The van der Waals surface area contributed by atoms with Crippen LogP contribution in [0.1, 0.15) is 22.8 Å². The van der Waals surface area contributed by atoms with Crippen molar-refractivity contribution in [3.8, 4) is 0 Å². The van der Waals surface area contributed by atoms with E-state index in [2.05, 4.69) is 5.32 Å². The molecule has 1 unspecified atom stereocenters. The first-order chi connectivity index (χ1) is 13.2. The Bertz CT molecular complexity index is 841. The molecular formula is C19H17F5N2OS. The predicted molar refractivity (Wildman–Crippen MR) is 98.2 cm³/mol. The number of alkyl halides is 3. The van der Waals surface area contributed by atoms with Crippen molar-refractivity contribution in [1.82, 2.24) is 4.90 Å². The van der Waals surface area contributed by atoms with Gasteiger partial charge in [0.1, 0.15) is 11.6 Å². The van der Waals surface area contributed by atoms with Crippen LogP contribution in [0.4, 0.5) is 32.4 Å². The molecule has 1 atom stereocenters. The molecule has 28 heavy (non-hydrogen) atoms. The SMILES string of the molecule is O=C(Nc1ccc(C(F)(F)F)cc1)N1CCSC(c2cc(F)ccc2F)CC1. The third-order valence-corrected chi connectivity index (χ3v) is 5.71. The first-order valence-electron chi connectivity index (χ1n) is 8.54. The number of hydrogen-bond donors (Lipinski definition) is 1. The minimum absolute atomic E-state index is 0.252. The lowest BCUT2D eigenvalue weighted by Crippen LogP contribution is -2.36. The standard InChI is InChI=1S/C19H17F5N2OS/c20-13-3-6-16(21)15(11-13)17-7-8-26(9-10-28-17)18(27)25-14-4-1-12(2-5-14)19(22,23)24/h1-6,11,17H,7-10H2,(H,25,27). The van der Waals surface area contributed by atoms with E-state index in [1.165, 1.54) is 34.9 Å². The molecule has 9 heteroatoms. The summed E-state index contributed by atoms with van der Waals surface area (Å²) in [6.07, 6.45) is -4.00. The van der Waals surface area contributed by atoms with Gasteiger partial charge in [0.25, 0.3) is 0 Å². The summed E-state index contributed by atoms with van der Waals surface area (Å²) in [5, 5.41) is 2.29. The number of amides is 2. The second-order valence-corrected chi connectivity index (χ2v) is 7.62. The molecule has 1 fully saturated rings. The van der Waals surface area contributed by atoms with E-state index in [0.717, 1.165) is 24.3 Å². The van der Waals surface area contributed by atoms with E-state index in [0.29, 0.717) is 25.3 Å². The van der Waals surface area contributed by atoms with Crippen molar-refractivity contribution < 1.29 is 26.7 Å². The molecule has 1 N–H and O–H groups in total. The number of thioether (sulfide) groups is 1. The highest BCUT2D eigenvalue weighted by molar-refractivity contribution is 7.99. The largest absolute Gasteiger partial charge is 0.416 e. The van der Waals surface area contributed by atoms with Gasteiger partial charge in [-0.3, -0.25) is 0 Å². The first-order valence-corrected chi connectivity index (χ1v) is 9.58. The molecule has 0 radical (unpaired) electrons. The number of rotatable bonds is 2. The second-order valence-electron chi connectivity index (χ2n) is 6.31. The minimum atomic E-state index is -4.44. The van der Waals surface area contributed by atoms with Crippen molar-refractivity contribution in [3.63, 3.8) is 0 Å². The van der Waals surface area contributed by atoms with Crippen molar-refractivity contribution in [2.24, 2.45) is 0 Å². The summed E-state index contributed by atoms with van der Waals surface area (Å²) >= 11 is 1.44. The molecule has 0 spiro atoms. The van der Waals surface area contributed by atoms with Gasteiger partial charge in [-0.15, -0.1) is 0 Å². The highest BCUT2D eigenvalue weighted by atomic mass is 32.2. The van der Waals surface area contributed by atoms with Crippen LogP contribution in [0.3, 0.4) is 0 Å². The number of nitrogens with one attached hydrogen (secondary N) is 1. The van der Waals surface area contributed by atoms with Crippen LogP contribution in [0.5, 0.6) is 0 Å². The molecule has 150 valence electrons. The summed E-state index contributed by atoms with van der Waals surface area (Å²) in [5.74, 6) is -0.471. The van der Waals surface area contributed by atoms with E-state index in [1.807, 2.05) is 0 Å². The number of carbonyl (C=O) groups excluding carboxylic acids is 1. The van der Waals surface area contributed by atoms with Crippen LogP contribution in [-0.2, 0) is 6.18 Å². The molecule has 0 bridgehead atoms. The van der Waals surface area contributed by atoms with Crippen LogP contribution in [0, 0.1) is 11.6 Å². The third-order valence-electron chi connectivity index (χ3n) is 4.40. The Labute approximate surface area is 162 Å². The molecule has 0 saturated carbocycles. The van der Waals surface area contributed by atoms with Gasteiger partial charge in [0.05, 0.1) is 5.56 Å². The van der Waals surface area contributed by atoms with Gasteiger partial charge in [0, 0.05) is 35.3 Å². The lowest BCUT2D eigenvalue weighted by molar-refractivity contribution is -0.137. The zero-order valence-electron chi connectivity index (χ0n) is 14.6. The maximum atomic E-state index is 14.0. The molecule has 0 aliphatic carbocycles. The molecule has 3 rings (SSSR count). The smallest absolute Gasteiger partial charge is 0.324 e. The van der Waals surface area contributed by atoms with Gasteiger partial charge >= 0.3 is 12.2 Å². The van der Waals surface area contributed by atoms with E-state index in [1.54, 1.807) is 0 Å². The van der Waals surface area contributed by atoms with Crippen LogP contribution in [0.2, 0.25) is 0 Å². The Balaban J connectivity index is 1.62. The summed E-state index contributed by atoms with van der Waals surface area (Å²) in [5.41, 5.74) is -0.269. The van der Waals surface area contributed by atoms with Gasteiger partial charge in [-0.25, -0.2) is 13.6 Å². The number of urea groups is 1. The van der Waals surface area contributed by atoms with Gasteiger partial charge < -0.3 is 10.2 Å². The summed E-state index contributed by atoms with van der Waals surface area (Å²) in [6, 6.07) is 7.06. The fourth-order valence-electron chi connectivity index (χ4n) is 2.93. The lowest BCUT2D eigenvalue weighted by atomic mass is 10.1. The van der Waals surface area contributed by atoms with Crippen LogP contribution in [0.15, 0.2) is 42.5 Å². The fourth-order valence-corrected chi connectivity index (χ4v) is 4.17. The maximum absolute atomic E-state index is 14.0. The normalized spacial score (nSPS) is 17.9. The summed E-state index contributed by atoms with van der Waals surface area (Å²) in [6.45, 7) is 0.713. The fraction of sp³-hybridized carbons (Fsp3) is 0.316. The van der Waals surface area contributed by atoms with Crippen LogP contribution < -0.4 is 5.32 Å². The molecule has 0 aromatic heterocycles. The van der Waals surface area contributed by atoms with Gasteiger partial charge in [-0.1, -0.05) is 0 Å². The molecule has 2 aromatic rings. The maximum Gasteiger partial charge on any atom is 0.416 e. The van der Waals surface area contributed by atoms with Crippen molar-refractivity contribution in [3.05, 3.63) is 65.2 Å². The predicted octanol–water partition coefficient (Wildman–Crippen LogP) is 5.70. The molecule has 2 aromatic carbocycles. The number of hydrogen-bond acceptors (Lipinski definition) is 2. The van der Waals surface area contributed by atoms with Crippen molar-refractivity contribution in [2.45, 2.75) is 17.8 Å². The quantitative estimate of drug-likeness (QED) is 0.638. The number of nitrogens with zero attached hydrogens (tertiary/aromatic N) is 1. The zero-order valence-corrected chi connectivity index (χ0v) is 15.4. The third kappa shape index (κ3) is 4.95. The average Bonchev–Trinajstić information content (AvgIpc) is 2.89. The molecule has 1 heterocycles. The van der Waals surface area contributed by atoms with Gasteiger partial charge in [-0.2, -0.15) is 24.9 Å². The van der Waals surface area contributed by atoms with Crippen LogP contribution >= 0.6 is 11.8 Å². The van der Waals surface area contributed by atoms with Gasteiger partial charge in [-0.05, 0) is 48.9 Å². The lowest BCUT2D eigenvalue weighted by Gasteiger charge is -2.21.